The van der Waals surface area contributed by atoms with E-state index >= 15 is 0 Å². The number of methoxy groups -OCH3 is 1. The summed E-state index contributed by atoms with van der Waals surface area (Å²) in [7, 11) is 1.57. The van der Waals surface area contributed by atoms with Crippen molar-refractivity contribution >= 4 is 5.91 Å². The highest BCUT2D eigenvalue weighted by Gasteiger charge is 2.36. The number of likely N-dealkylation sites (tertiary alicyclic amines) is 1. The van der Waals surface area contributed by atoms with Gasteiger partial charge in [-0.3, -0.25) is 4.79 Å². The number of ether oxygens (including phenoxy) is 2. The van der Waals surface area contributed by atoms with Gasteiger partial charge in [-0.2, -0.15) is 0 Å². The molecule has 1 atom stereocenters. The first-order valence-corrected chi connectivity index (χ1v) is 7.89. The molecule has 1 fully saturated rings. The predicted octanol–water partition coefficient (Wildman–Crippen LogP) is 1.27. The lowest BCUT2D eigenvalue weighted by Crippen LogP contribution is -2.35. The quantitative estimate of drug-likeness (QED) is 0.824. The Hall–Kier alpha value is -1.79. The zero-order valence-corrected chi connectivity index (χ0v) is 14.0. The Morgan fingerprint density at radius 2 is 2.22 bits per heavy atom. The van der Waals surface area contributed by atoms with Crippen molar-refractivity contribution in [2.24, 2.45) is 11.7 Å². The van der Waals surface area contributed by atoms with E-state index in [4.69, 9.17) is 15.2 Å². The van der Waals surface area contributed by atoms with Crippen LogP contribution in [0.15, 0.2) is 18.2 Å². The minimum Gasteiger partial charge on any atom is -0.497 e. The topological polar surface area (TPSA) is 85.0 Å². The second kappa shape index (κ2) is 7.19. The molecule has 1 aromatic carbocycles. The fourth-order valence-electron chi connectivity index (χ4n) is 2.79. The van der Waals surface area contributed by atoms with Gasteiger partial charge in [-0.1, -0.05) is 0 Å². The van der Waals surface area contributed by atoms with Crippen LogP contribution in [0, 0.1) is 5.92 Å². The van der Waals surface area contributed by atoms with E-state index in [1.807, 2.05) is 0 Å². The molecule has 1 aliphatic rings. The molecular formula is C17H26N2O4. The average molecular weight is 322 g/mol. The van der Waals surface area contributed by atoms with Crippen molar-refractivity contribution in [3.8, 4) is 11.5 Å². The van der Waals surface area contributed by atoms with E-state index < -0.39 is 5.60 Å². The zero-order valence-electron chi connectivity index (χ0n) is 14.0. The molecule has 0 aromatic heterocycles. The van der Waals surface area contributed by atoms with Crippen LogP contribution >= 0.6 is 0 Å². The second-order valence-electron chi connectivity index (χ2n) is 6.39. The van der Waals surface area contributed by atoms with Gasteiger partial charge in [0.05, 0.1) is 18.3 Å². The second-order valence-corrected chi connectivity index (χ2v) is 6.39. The van der Waals surface area contributed by atoms with E-state index in [-0.39, 0.29) is 11.8 Å². The van der Waals surface area contributed by atoms with Crippen LogP contribution in [0.5, 0.6) is 11.5 Å². The van der Waals surface area contributed by atoms with Gasteiger partial charge in [0.15, 0.2) is 0 Å². The Morgan fingerprint density at radius 1 is 1.48 bits per heavy atom. The van der Waals surface area contributed by atoms with Crippen LogP contribution in [0.1, 0.15) is 30.6 Å². The number of nitrogens with two attached hydrogens (primary N) is 1. The van der Waals surface area contributed by atoms with Crippen LogP contribution in [0.4, 0.5) is 0 Å². The summed E-state index contributed by atoms with van der Waals surface area (Å²) in [6.45, 7) is 5.46. The fourth-order valence-corrected chi connectivity index (χ4v) is 2.79. The summed E-state index contributed by atoms with van der Waals surface area (Å²) in [6, 6.07) is 5.16. The van der Waals surface area contributed by atoms with Gasteiger partial charge in [-0.05, 0) is 32.4 Å². The number of aliphatic hydroxyl groups is 1. The standard InChI is InChI=1S/C17H26N2O4/c1-17(2,21)12-6-8-19(11-12)16(20)14-5-4-13(22-3)10-15(14)23-9-7-18/h4-5,10,12,21H,6-9,11,18H2,1-3H3/t12-/m1/s1. The lowest BCUT2D eigenvalue weighted by Gasteiger charge is -2.25. The van der Waals surface area contributed by atoms with Gasteiger partial charge >= 0.3 is 0 Å². The SMILES string of the molecule is COc1ccc(C(=O)N2CC[C@@H](C(C)(C)O)C2)c(OCCN)c1. The summed E-state index contributed by atoms with van der Waals surface area (Å²) >= 11 is 0. The molecule has 0 aliphatic carbocycles. The molecule has 1 aliphatic heterocycles. The van der Waals surface area contributed by atoms with E-state index in [0.29, 0.717) is 43.3 Å². The maximum Gasteiger partial charge on any atom is 0.257 e. The Labute approximate surface area is 137 Å². The molecule has 6 nitrogen and oxygen atoms in total. The first-order valence-electron chi connectivity index (χ1n) is 7.89. The first-order chi connectivity index (χ1) is 10.9. The molecule has 0 spiro atoms. The van der Waals surface area contributed by atoms with Crippen molar-refractivity contribution in [2.45, 2.75) is 25.9 Å². The Balaban J connectivity index is 2.18. The van der Waals surface area contributed by atoms with E-state index in [0.717, 1.165) is 6.42 Å². The Kier molecular flexibility index (Phi) is 5.49. The summed E-state index contributed by atoms with van der Waals surface area (Å²) in [5.41, 5.74) is 5.19. The van der Waals surface area contributed by atoms with Crippen LogP contribution in [-0.2, 0) is 0 Å². The van der Waals surface area contributed by atoms with E-state index in [2.05, 4.69) is 0 Å². The highest BCUT2D eigenvalue weighted by molar-refractivity contribution is 5.97. The molecule has 1 aromatic rings. The number of benzene rings is 1. The zero-order chi connectivity index (χ0) is 17.0. The maximum absolute atomic E-state index is 12.8. The van der Waals surface area contributed by atoms with Gasteiger partial charge in [0, 0.05) is 31.6 Å². The molecule has 0 radical (unpaired) electrons. The highest BCUT2D eigenvalue weighted by atomic mass is 16.5. The monoisotopic (exact) mass is 322 g/mol. The van der Waals surface area contributed by atoms with Crippen LogP contribution < -0.4 is 15.2 Å². The number of rotatable bonds is 6. The molecule has 0 unspecified atom stereocenters. The highest BCUT2D eigenvalue weighted by Crippen LogP contribution is 2.31. The molecule has 1 amide bonds. The fraction of sp³-hybridized carbons (Fsp3) is 0.588. The van der Waals surface area contributed by atoms with Crippen molar-refractivity contribution in [3.63, 3.8) is 0 Å². The van der Waals surface area contributed by atoms with Crippen LogP contribution in [0.25, 0.3) is 0 Å². The predicted molar refractivity (Wildman–Crippen MR) is 87.9 cm³/mol. The molecule has 0 bridgehead atoms. The van der Waals surface area contributed by atoms with Crippen molar-refractivity contribution in [1.29, 1.82) is 0 Å². The van der Waals surface area contributed by atoms with E-state index in [9.17, 15) is 9.90 Å². The smallest absolute Gasteiger partial charge is 0.257 e. The molecule has 128 valence electrons. The van der Waals surface area contributed by atoms with E-state index in [1.54, 1.807) is 44.1 Å². The number of amides is 1. The summed E-state index contributed by atoms with van der Waals surface area (Å²) in [5, 5.41) is 10.1. The van der Waals surface area contributed by atoms with Crippen molar-refractivity contribution in [3.05, 3.63) is 23.8 Å². The number of nitrogens with zero attached hydrogens (tertiary/aromatic N) is 1. The van der Waals surface area contributed by atoms with Crippen LogP contribution in [0.2, 0.25) is 0 Å². The van der Waals surface area contributed by atoms with Crippen molar-refractivity contribution in [1.82, 2.24) is 4.90 Å². The van der Waals surface area contributed by atoms with Gasteiger partial charge in [-0.25, -0.2) is 0 Å². The van der Waals surface area contributed by atoms with Gasteiger partial charge in [0.2, 0.25) is 0 Å². The number of carbonyl (C=O) groups excluding carboxylic acids is 1. The number of hydrogen-bond donors (Lipinski definition) is 2. The summed E-state index contributed by atoms with van der Waals surface area (Å²) in [4.78, 5) is 14.6. The Bertz CT molecular complexity index is 554. The maximum atomic E-state index is 12.8. The van der Waals surface area contributed by atoms with Gasteiger partial charge in [0.1, 0.15) is 18.1 Å². The minimum absolute atomic E-state index is 0.0816. The summed E-state index contributed by atoms with van der Waals surface area (Å²) < 4.78 is 10.8. The van der Waals surface area contributed by atoms with Gasteiger partial charge in [-0.15, -0.1) is 0 Å². The first kappa shape index (κ1) is 17.6. The third-order valence-electron chi connectivity index (χ3n) is 4.27. The molecule has 1 saturated heterocycles. The summed E-state index contributed by atoms with van der Waals surface area (Å²) in [6.07, 6.45) is 0.796. The molecule has 3 N–H and O–H groups in total. The molecular weight excluding hydrogens is 296 g/mol. The Morgan fingerprint density at radius 3 is 2.78 bits per heavy atom. The van der Waals surface area contributed by atoms with Crippen molar-refractivity contribution < 1.29 is 19.4 Å². The summed E-state index contributed by atoms with van der Waals surface area (Å²) in [5.74, 6) is 1.10. The molecule has 2 rings (SSSR count). The van der Waals surface area contributed by atoms with Gasteiger partial charge < -0.3 is 25.2 Å². The molecule has 23 heavy (non-hydrogen) atoms. The molecule has 6 heteroatoms. The largest absolute Gasteiger partial charge is 0.497 e. The third kappa shape index (κ3) is 4.14. The third-order valence-corrected chi connectivity index (χ3v) is 4.27. The normalized spacial score (nSPS) is 18.1. The molecule has 0 saturated carbocycles. The van der Waals surface area contributed by atoms with Gasteiger partial charge in [0.25, 0.3) is 5.91 Å². The van der Waals surface area contributed by atoms with E-state index in [1.165, 1.54) is 0 Å². The van der Waals surface area contributed by atoms with Crippen molar-refractivity contribution in [2.75, 3.05) is 33.4 Å². The average Bonchev–Trinajstić information content (AvgIpc) is 3.02. The lowest BCUT2D eigenvalue weighted by atomic mass is 9.90. The van der Waals surface area contributed by atoms with Crippen LogP contribution in [-0.4, -0.2) is 54.9 Å². The number of hydrogen-bond acceptors (Lipinski definition) is 5. The minimum atomic E-state index is -0.784. The molecule has 1 heterocycles. The van der Waals surface area contributed by atoms with Crippen LogP contribution in [0.3, 0.4) is 0 Å². The lowest BCUT2D eigenvalue weighted by molar-refractivity contribution is 0.0211. The number of carbonyl (C=O) groups is 1.